The summed E-state index contributed by atoms with van der Waals surface area (Å²) >= 11 is 5.71. The summed E-state index contributed by atoms with van der Waals surface area (Å²) in [5.41, 5.74) is 0. The minimum atomic E-state index is -3.08. The van der Waals surface area contributed by atoms with Crippen LogP contribution < -0.4 is 5.32 Å². The number of halogens is 1. The van der Waals surface area contributed by atoms with Crippen molar-refractivity contribution in [3.63, 3.8) is 0 Å². The van der Waals surface area contributed by atoms with Gasteiger partial charge in [-0.3, -0.25) is 0 Å². The smallest absolute Gasteiger partial charge is 0.211 e. The molecule has 1 saturated heterocycles. The first-order valence-corrected chi connectivity index (χ1v) is 8.51. The molecule has 1 aliphatic heterocycles. The first-order chi connectivity index (χ1) is 8.86. The SMILES string of the molecule is C[C@H]1CN(S(C)(=O)=O)CC[C@@H]1NCc1ccc(Cl)o1. The van der Waals surface area contributed by atoms with Gasteiger partial charge in [-0.15, -0.1) is 0 Å². The van der Waals surface area contributed by atoms with Crippen molar-refractivity contribution in [3.8, 4) is 0 Å². The number of sulfonamides is 1. The summed E-state index contributed by atoms with van der Waals surface area (Å²) in [4.78, 5) is 0. The van der Waals surface area contributed by atoms with E-state index in [0.29, 0.717) is 30.9 Å². The molecule has 1 N–H and O–H groups in total. The molecule has 7 heteroatoms. The van der Waals surface area contributed by atoms with Crippen LogP contribution in [0.2, 0.25) is 5.22 Å². The highest BCUT2D eigenvalue weighted by Crippen LogP contribution is 2.20. The van der Waals surface area contributed by atoms with E-state index in [1.165, 1.54) is 6.26 Å². The van der Waals surface area contributed by atoms with Crippen LogP contribution in [0.4, 0.5) is 0 Å². The van der Waals surface area contributed by atoms with Crippen molar-refractivity contribution in [2.24, 2.45) is 5.92 Å². The molecule has 0 bridgehead atoms. The Morgan fingerprint density at radius 2 is 2.26 bits per heavy atom. The van der Waals surface area contributed by atoms with Crippen molar-refractivity contribution in [2.45, 2.75) is 25.9 Å². The number of furan rings is 1. The van der Waals surface area contributed by atoms with E-state index in [1.54, 1.807) is 10.4 Å². The lowest BCUT2D eigenvalue weighted by molar-refractivity contribution is 0.217. The minimum absolute atomic E-state index is 0.272. The van der Waals surface area contributed by atoms with Gasteiger partial charge < -0.3 is 9.73 Å². The Morgan fingerprint density at radius 1 is 1.53 bits per heavy atom. The van der Waals surface area contributed by atoms with Gasteiger partial charge in [-0.25, -0.2) is 12.7 Å². The molecule has 0 unspecified atom stereocenters. The Hall–Kier alpha value is -0.560. The molecule has 1 aliphatic rings. The molecule has 1 aromatic rings. The lowest BCUT2D eigenvalue weighted by Crippen LogP contribution is -2.49. The lowest BCUT2D eigenvalue weighted by atomic mass is 9.95. The van der Waals surface area contributed by atoms with Crippen LogP contribution in [0, 0.1) is 5.92 Å². The predicted octanol–water partition coefficient (Wildman–Crippen LogP) is 1.69. The van der Waals surface area contributed by atoms with Crippen LogP contribution in [-0.2, 0) is 16.6 Å². The summed E-state index contributed by atoms with van der Waals surface area (Å²) < 4.78 is 29.8. The first kappa shape index (κ1) is 14.8. The summed E-state index contributed by atoms with van der Waals surface area (Å²) in [7, 11) is -3.08. The average molecular weight is 307 g/mol. The molecule has 2 heterocycles. The highest BCUT2D eigenvalue weighted by Gasteiger charge is 2.30. The van der Waals surface area contributed by atoms with Crippen LogP contribution in [0.3, 0.4) is 0 Å². The largest absolute Gasteiger partial charge is 0.448 e. The zero-order chi connectivity index (χ0) is 14.0. The maximum Gasteiger partial charge on any atom is 0.211 e. The van der Waals surface area contributed by atoms with Gasteiger partial charge in [-0.05, 0) is 36.1 Å². The van der Waals surface area contributed by atoms with E-state index in [2.05, 4.69) is 12.2 Å². The minimum Gasteiger partial charge on any atom is -0.448 e. The molecule has 108 valence electrons. The second-order valence-electron chi connectivity index (χ2n) is 5.08. The zero-order valence-corrected chi connectivity index (χ0v) is 12.7. The molecule has 0 aliphatic carbocycles. The Kier molecular flexibility index (Phi) is 4.55. The van der Waals surface area contributed by atoms with Crippen molar-refractivity contribution in [2.75, 3.05) is 19.3 Å². The molecule has 0 spiro atoms. The summed E-state index contributed by atoms with van der Waals surface area (Å²) in [5.74, 6) is 1.07. The van der Waals surface area contributed by atoms with Gasteiger partial charge in [0.25, 0.3) is 0 Å². The highest BCUT2D eigenvalue weighted by molar-refractivity contribution is 7.88. The van der Waals surface area contributed by atoms with Gasteiger partial charge in [0.2, 0.25) is 10.0 Å². The molecule has 2 atom stereocenters. The maximum absolute atomic E-state index is 11.5. The number of piperidine rings is 1. The van der Waals surface area contributed by atoms with Crippen LogP contribution in [0.25, 0.3) is 0 Å². The lowest BCUT2D eigenvalue weighted by Gasteiger charge is -2.35. The van der Waals surface area contributed by atoms with Gasteiger partial charge in [0, 0.05) is 19.1 Å². The van der Waals surface area contributed by atoms with Gasteiger partial charge in [0.05, 0.1) is 12.8 Å². The summed E-state index contributed by atoms with van der Waals surface area (Å²) in [5, 5.41) is 3.78. The van der Waals surface area contributed by atoms with E-state index in [1.807, 2.05) is 6.07 Å². The Labute approximate surface area is 119 Å². The highest BCUT2D eigenvalue weighted by atomic mass is 35.5. The van der Waals surface area contributed by atoms with Crippen LogP contribution >= 0.6 is 11.6 Å². The molecule has 0 aromatic carbocycles. The molecule has 19 heavy (non-hydrogen) atoms. The maximum atomic E-state index is 11.5. The summed E-state index contributed by atoms with van der Waals surface area (Å²) in [6, 6.07) is 3.85. The Balaban J connectivity index is 1.86. The third kappa shape index (κ3) is 3.95. The number of hydrogen-bond donors (Lipinski definition) is 1. The monoisotopic (exact) mass is 306 g/mol. The molecule has 0 radical (unpaired) electrons. The van der Waals surface area contributed by atoms with Gasteiger partial charge in [-0.2, -0.15) is 0 Å². The molecule has 2 rings (SSSR count). The second-order valence-corrected chi connectivity index (χ2v) is 7.44. The topological polar surface area (TPSA) is 62.6 Å². The number of hydrogen-bond acceptors (Lipinski definition) is 4. The van der Waals surface area contributed by atoms with Crippen molar-refractivity contribution < 1.29 is 12.8 Å². The Bertz CT molecular complexity index is 529. The Morgan fingerprint density at radius 3 is 2.79 bits per heavy atom. The fourth-order valence-corrected chi connectivity index (χ4v) is 3.50. The van der Waals surface area contributed by atoms with Gasteiger partial charge in [0.15, 0.2) is 5.22 Å². The molecule has 1 aromatic heterocycles. The van der Waals surface area contributed by atoms with E-state index >= 15 is 0 Å². The fourth-order valence-electron chi connectivity index (χ4n) is 2.39. The van der Waals surface area contributed by atoms with Crippen molar-refractivity contribution >= 4 is 21.6 Å². The quantitative estimate of drug-likeness (QED) is 0.919. The normalized spacial score (nSPS) is 25.6. The van der Waals surface area contributed by atoms with E-state index in [4.69, 9.17) is 16.0 Å². The van der Waals surface area contributed by atoms with Gasteiger partial charge in [0.1, 0.15) is 5.76 Å². The third-order valence-electron chi connectivity index (χ3n) is 3.50. The van der Waals surface area contributed by atoms with Crippen LogP contribution in [0.1, 0.15) is 19.1 Å². The average Bonchev–Trinajstić information content (AvgIpc) is 2.72. The summed E-state index contributed by atoms with van der Waals surface area (Å²) in [6.45, 7) is 3.81. The number of nitrogens with zero attached hydrogens (tertiary/aromatic N) is 1. The zero-order valence-electron chi connectivity index (χ0n) is 11.1. The van der Waals surface area contributed by atoms with E-state index in [9.17, 15) is 8.42 Å². The van der Waals surface area contributed by atoms with Crippen LogP contribution in [0.5, 0.6) is 0 Å². The standard InChI is InChI=1S/C12H19ClN2O3S/c1-9-8-15(19(2,16)17)6-5-11(9)14-7-10-3-4-12(13)18-10/h3-4,9,11,14H,5-8H2,1-2H3/t9-,11-/m0/s1. The molecular formula is C12H19ClN2O3S. The third-order valence-corrected chi connectivity index (χ3v) is 4.98. The van der Waals surface area contributed by atoms with Crippen molar-refractivity contribution in [1.82, 2.24) is 9.62 Å². The molecule has 0 amide bonds. The van der Waals surface area contributed by atoms with Crippen molar-refractivity contribution in [1.29, 1.82) is 0 Å². The van der Waals surface area contributed by atoms with Crippen LogP contribution in [-0.4, -0.2) is 38.1 Å². The molecular weight excluding hydrogens is 288 g/mol. The van der Waals surface area contributed by atoms with Gasteiger partial charge in [-0.1, -0.05) is 6.92 Å². The molecule has 5 nitrogen and oxygen atoms in total. The van der Waals surface area contributed by atoms with Gasteiger partial charge >= 0.3 is 0 Å². The summed E-state index contributed by atoms with van der Waals surface area (Å²) in [6.07, 6.45) is 2.07. The van der Waals surface area contributed by atoms with Crippen LogP contribution in [0.15, 0.2) is 16.5 Å². The number of nitrogens with one attached hydrogen (secondary N) is 1. The van der Waals surface area contributed by atoms with E-state index in [-0.39, 0.29) is 5.92 Å². The first-order valence-electron chi connectivity index (χ1n) is 6.29. The fraction of sp³-hybridized carbons (Fsp3) is 0.667. The molecule has 1 fully saturated rings. The molecule has 0 saturated carbocycles. The second kappa shape index (κ2) is 5.83. The van der Waals surface area contributed by atoms with E-state index < -0.39 is 10.0 Å². The van der Waals surface area contributed by atoms with E-state index in [0.717, 1.165) is 12.2 Å². The van der Waals surface area contributed by atoms with Crippen molar-refractivity contribution in [3.05, 3.63) is 23.1 Å². The number of rotatable bonds is 4. The predicted molar refractivity (Wildman–Crippen MR) is 74.5 cm³/mol.